The molecular weight excluding hydrogens is 1380 g/mol. The maximum atomic E-state index is 15.0. The van der Waals surface area contributed by atoms with Gasteiger partial charge in [0.25, 0.3) is 18.2 Å². The summed E-state index contributed by atoms with van der Waals surface area (Å²) in [5.74, 6) is -9.63. The molecule has 36 heteroatoms. The van der Waals surface area contributed by atoms with Gasteiger partial charge in [0.1, 0.15) is 41.3 Å². The van der Waals surface area contributed by atoms with Gasteiger partial charge in [-0.3, -0.25) is 33.6 Å². The van der Waals surface area contributed by atoms with E-state index in [0.717, 1.165) is 104 Å². The number of ether oxygens (including phenoxy) is 2. The summed E-state index contributed by atoms with van der Waals surface area (Å²) in [5.41, 5.74) is 3.26. The van der Waals surface area contributed by atoms with E-state index in [9.17, 15) is 74.7 Å². The van der Waals surface area contributed by atoms with E-state index in [1.165, 1.54) is 36.5 Å². The molecule has 0 saturated carbocycles. The molecule has 558 valence electrons. The molecule has 7 amide bonds. The van der Waals surface area contributed by atoms with Crippen LogP contribution in [0.25, 0.3) is 26.8 Å². The van der Waals surface area contributed by atoms with Gasteiger partial charge >= 0.3 is 0 Å². The predicted octanol–water partition coefficient (Wildman–Crippen LogP) is -1.72. The standard InChI is InChI=1S/C66H90N12O22S2/c1-35-30-77-56(57(35)87)62(92)68-29-43(82)27-46(69-58(88)39-10-8-38(9-11-39)47-32-78-66(70-47)101-63(74-78)40-12-14-42(15-13-40)75-21-18-45(19-22-75)97-24-6-4-5-23-96-3)59(89)71-53(36(2)81)64(93)76-31-44(83)28-48(76)60(90)72-54(51(86)25-37-7-16-49(84)52(26-37)98-102-100-99-95)61(91)73-55(65(77)94)50(85)17-20-67-41(33-79)34-80/h7-16,26,32,35-36,41,43-46,48,50-51,53-57,67,79-87,95H,4-6,17-25,27-31,33-34H2,1-3H3,(H,68,92)(H,69,88)(H,71,89)(H,72,90)(H,73,91)/t35-,36+,43+,44+,46-,48-,50+,51+,53-,54-,55-,56-,57-/m0/s1. The second-order valence-electron chi connectivity index (χ2n) is 25.9. The second-order valence-corrected chi connectivity index (χ2v) is 27.3. The van der Waals surface area contributed by atoms with Crippen molar-refractivity contribution in [2.45, 2.75) is 157 Å². The Morgan fingerprint density at radius 3 is 2.16 bits per heavy atom. The highest BCUT2D eigenvalue weighted by molar-refractivity contribution is 7.90. The number of amides is 7. The van der Waals surface area contributed by atoms with Gasteiger partial charge in [-0.25, -0.2) is 14.8 Å². The third-order valence-corrected chi connectivity index (χ3v) is 19.8. The van der Waals surface area contributed by atoms with Crippen molar-refractivity contribution >= 4 is 75.7 Å². The highest BCUT2D eigenvalue weighted by Crippen LogP contribution is 2.34. The molecule has 4 aliphatic heterocycles. The number of hydrogen-bond acceptors (Lipinski definition) is 28. The number of phenolic OH excluding ortho intramolecular Hbond substituents is 1. The van der Waals surface area contributed by atoms with Gasteiger partial charge < -0.3 is 106 Å². The number of aromatic nitrogens is 3. The zero-order valence-electron chi connectivity index (χ0n) is 56.4. The molecule has 4 saturated heterocycles. The Morgan fingerprint density at radius 1 is 0.784 bits per heavy atom. The van der Waals surface area contributed by atoms with Crippen LogP contribution in [0.15, 0.2) is 72.9 Å². The Hall–Kier alpha value is -7.76. The number of benzene rings is 3. The molecule has 4 fully saturated rings. The first-order valence-corrected chi connectivity index (χ1v) is 35.2. The number of imidazole rings is 1. The Labute approximate surface area is 594 Å². The number of piperidine rings is 1. The van der Waals surface area contributed by atoms with Crippen molar-refractivity contribution < 1.29 is 108 Å². The van der Waals surface area contributed by atoms with Crippen LogP contribution in [0.4, 0.5) is 5.69 Å². The molecule has 0 aliphatic carbocycles. The number of phenols is 1. The van der Waals surface area contributed by atoms with Crippen LogP contribution < -0.4 is 41.0 Å². The van der Waals surface area contributed by atoms with E-state index < -0.39 is 184 Å². The number of fused-ring (bicyclic) bond motifs is 3. The largest absolute Gasteiger partial charge is 0.504 e. The molecular formula is C66H90N12O22S2. The van der Waals surface area contributed by atoms with E-state index in [1.54, 1.807) is 30.0 Å². The highest BCUT2D eigenvalue weighted by atomic mass is 32.2. The number of carbonyl (C=O) groups excluding carboxylic acids is 7. The number of unbranched alkanes of at least 4 members (excludes halogenated alkanes) is 2. The van der Waals surface area contributed by atoms with Crippen molar-refractivity contribution in [3.8, 4) is 33.3 Å². The highest BCUT2D eigenvalue weighted by Gasteiger charge is 2.50. The minimum Gasteiger partial charge on any atom is -0.504 e. The molecule has 2 aromatic heterocycles. The number of nitrogens with zero attached hydrogens (tertiary/aromatic N) is 6. The van der Waals surface area contributed by atoms with Crippen molar-refractivity contribution in [3.63, 3.8) is 0 Å². The molecule has 102 heavy (non-hydrogen) atoms. The second kappa shape index (κ2) is 37.1. The van der Waals surface area contributed by atoms with E-state index in [0.29, 0.717) is 16.2 Å². The van der Waals surface area contributed by atoms with Gasteiger partial charge in [0, 0.05) is 101 Å². The van der Waals surface area contributed by atoms with Crippen molar-refractivity contribution in [1.82, 2.24) is 56.3 Å². The molecule has 3 aromatic carbocycles. The summed E-state index contributed by atoms with van der Waals surface area (Å²) >= 11 is 1.45. The lowest BCUT2D eigenvalue weighted by Crippen LogP contribution is -2.64. The lowest BCUT2D eigenvalue weighted by atomic mass is 9.98. The van der Waals surface area contributed by atoms with Crippen molar-refractivity contribution in [2.75, 3.05) is 77.7 Å². The van der Waals surface area contributed by atoms with Gasteiger partial charge in [0.15, 0.2) is 11.5 Å². The van der Waals surface area contributed by atoms with Crippen LogP contribution in [0.1, 0.15) is 81.1 Å². The third-order valence-electron chi connectivity index (χ3n) is 18.5. The van der Waals surface area contributed by atoms with Crippen LogP contribution >= 0.6 is 23.7 Å². The van der Waals surface area contributed by atoms with Gasteiger partial charge in [-0.05, 0) is 106 Å². The molecule has 13 atom stereocenters. The third kappa shape index (κ3) is 20.1. The van der Waals surface area contributed by atoms with E-state index >= 15 is 4.79 Å². The van der Waals surface area contributed by atoms with Crippen molar-refractivity contribution in [3.05, 3.63) is 84.1 Å². The van der Waals surface area contributed by atoms with Crippen molar-refractivity contribution in [2.24, 2.45) is 5.92 Å². The van der Waals surface area contributed by atoms with Gasteiger partial charge in [-0.15, -0.1) is 0 Å². The average molecular weight is 1470 g/mol. The smallest absolute Gasteiger partial charge is 0.261 e. The number of β-amino-alcohol motifs (C(OH)–C–C–N with tert-alkyl or cyclic N) is 1. The first-order chi connectivity index (χ1) is 49.0. The minimum atomic E-state index is -2.16. The van der Waals surface area contributed by atoms with E-state index in [2.05, 4.69) is 58.3 Å². The Kier molecular flexibility index (Phi) is 28.5. The molecule has 0 unspecified atom stereocenters. The van der Waals surface area contributed by atoms with Crippen LogP contribution in [0.5, 0.6) is 11.5 Å². The molecule has 5 aromatic rings. The average Bonchev–Trinajstić information content (AvgIpc) is 1.64. The Balaban J connectivity index is 0.946. The maximum absolute atomic E-state index is 15.0. The van der Waals surface area contributed by atoms with E-state index in [4.69, 9.17) is 29.0 Å². The number of carbonyl (C=O) groups is 7. The summed E-state index contributed by atoms with van der Waals surface area (Å²) in [5, 5.41) is 132. The van der Waals surface area contributed by atoms with Crippen molar-refractivity contribution in [1.29, 1.82) is 0 Å². The Bertz CT molecular complexity index is 3590. The number of methoxy groups -OCH3 is 1. The van der Waals surface area contributed by atoms with E-state index in [1.807, 2.05) is 12.1 Å². The predicted molar refractivity (Wildman–Crippen MR) is 365 cm³/mol. The van der Waals surface area contributed by atoms with Gasteiger partial charge in [0.05, 0.1) is 73.9 Å². The number of anilines is 1. The molecule has 9 rings (SSSR count). The van der Waals surface area contributed by atoms with Crippen LogP contribution in [0.3, 0.4) is 0 Å². The summed E-state index contributed by atoms with van der Waals surface area (Å²) in [7, 11) is 1.71. The summed E-state index contributed by atoms with van der Waals surface area (Å²) in [4.78, 5) is 112. The number of aliphatic hydroxyl groups excluding tert-OH is 8. The fourth-order valence-corrected chi connectivity index (χ4v) is 13.9. The van der Waals surface area contributed by atoms with Crippen LogP contribution in [0.2, 0.25) is 0 Å². The zero-order chi connectivity index (χ0) is 73.3. The number of hydrogen-bond donors (Lipinski definition) is 16. The normalized spacial score (nSPS) is 24.7. The topological polar surface area (TPSA) is 480 Å². The fourth-order valence-electron chi connectivity index (χ4n) is 12.7. The van der Waals surface area contributed by atoms with Crippen LogP contribution in [0, 0.1) is 5.92 Å². The lowest BCUT2D eigenvalue weighted by Gasteiger charge is -2.34. The summed E-state index contributed by atoms with van der Waals surface area (Å²) in [6, 6.07) is 5.58. The quantitative estimate of drug-likeness (QED) is 0.0120. The molecule has 34 nitrogen and oxygen atoms in total. The summed E-state index contributed by atoms with van der Waals surface area (Å²) in [6.07, 6.45) is -5.68. The van der Waals surface area contributed by atoms with Gasteiger partial charge in [-0.1, -0.05) is 45.8 Å². The van der Waals surface area contributed by atoms with Crippen LogP contribution in [-0.4, -0.2) is 275 Å². The van der Waals surface area contributed by atoms with Gasteiger partial charge in [-0.2, -0.15) is 5.10 Å². The number of aromatic hydroxyl groups is 1. The number of aliphatic hydroxyl groups is 8. The SMILES string of the molecule is COCCCCCOC1CCN(c2ccc(-c3nn4cc(-c5ccc(C(=O)N[C@H]6C[C@@H](O)CNC(=O)[C@@H]7[C@@H](O)[C@@H](C)CN7C(=O)[C@H]([C@H](O)CCNC(CO)CO)NC(=O)[C@H]([C@H](O)Cc7ccc(O)c(OSOOO)c7)NC(=O)[C@@H]7C[C@@H](O)CN7C(=O)[C@H]([C@@H](C)O)NC6=O)cc5)nc4s3)cc2)CC1. The zero-order valence-corrected chi connectivity index (χ0v) is 58.0. The monoisotopic (exact) mass is 1470 g/mol. The molecule has 16 N–H and O–H groups in total. The molecule has 0 bridgehead atoms. The number of rotatable bonds is 27. The fraction of sp³-hybridized carbons (Fsp3) is 0.561. The summed E-state index contributed by atoms with van der Waals surface area (Å²) < 4.78 is 22.3. The molecule has 6 heterocycles. The molecule has 0 radical (unpaired) electrons. The number of nitrogens with one attached hydrogen (secondary N) is 6. The lowest BCUT2D eigenvalue weighted by molar-refractivity contribution is -0.433. The molecule has 0 spiro atoms. The first-order valence-electron chi connectivity index (χ1n) is 33.7. The first kappa shape index (κ1) is 78.4. The van der Waals surface area contributed by atoms with Crippen LogP contribution in [-0.2, 0) is 54.0 Å². The minimum absolute atomic E-state index is 0.0114. The molecule has 4 aliphatic rings. The Morgan fingerprint density at radius 2 is 1.47 bits per heavy atom. The van der Waals surface area contributed by atoms with Gasteiger partial charge in [0.2, 0.25) is 40.4 Å². The maximum Gasteiger partial charge on any atom is 0.261 e. The summed E-state index contributed by atoms with van der Waals surface area (Å²) in [6.45, 7) is 2.97. The van der Waals surface area contributed by atoms with E-state index in [-0.39, 0.29) is 48.4 Å².